The second kappa shape index (κ2) is 8.59. The highest BCUT2D eigenvalue weighted by atomic mass is 35.5. The first-order chi connectivity index (χ1) is 13.7. The summed E-state index contributed by atoms with van der Waals surface area (Å²) in [6, 6.07) is 4.98. The van der Waals surface area contributed by atoms with Gasteiger partial charge in [0.2, 0.25) is 17.6 Å². The van der Waals surface area contributed by atoms with Crippen LogP contribution in [0.25, 0.3) is 0 Å². The third-order valence-corrected chi connectivity index (χ3v) is 4.84. The molecule has 0 amide bonds. The molecule has 4 rings (SSSR count). The number of halogens is 2. The highest BCUT2D eigenvalue weighted by Gasteiger charge is 2.12. The molecule has 0 aliphatic heterocycles. The van der Waals surface area contributed by atoms with Crippen LogP contribution < -0.4 is 4.74 Å². The third kappa shape index (κ3) is 4.80. The molecule has 0 atom stereocenters. The Bertz CT molecular complexity index is 1050. The summed E-state index contributed by atoms with van der Waals surface area (Å²) >= 11 is 13.1. The van der Waals surface area contributed by atoms with Crippen LogP contribution in [0.15, 0.2) is 45.0 Å². The summed E-state index contributed by atoms with van der Waals surface area (Å²) in [5.74, 6) is 2.17. The molecule has 0 aliphatic rings. The second-order valence-corrected chi connectivity index (χ2v) is 7.05. The number of hydrogen-bond donors (Lipinski definition) is 0. The van der Waals surface area contributed by atoms with Gasteiger partial charge >= 0.3 is 0 Å². The molecule has 0 saturated heterocycles. The predicted molar refractivity (Wildman–Crippen MR) is 98.1 cm³/mol. The first-order valence-corrected chi connectivity index (χ1v) is 9.57. The van der Waals surface area contributed by atoms with Crippen molar-refractivity contribution in [3.05, 3.63) is 58.5 Å². The van der Waals surface area contributed by atoms with E-state index in [0.29, 0.717) is 50.9 Å². The van der Waals surface area contributed by atoms with Crippen molar-refractivity contribution in [2.75, 3.05) is 0 Å². The Kier molecular flexibility index (Phi) is 5.74. The average molecular weight is 440 g/mol. The molecule has 0 spiro atoms. The van der Waals surface area contributed by atoms with Crippen molar-refractivity contribution in [3.8, 4) is 5.75 Å². The van der Waals surface area contributed by atoms with Crippen molar-refractivity contribution in [2.45, 2.75) is 24.1 Å². The van der Waals surface area contributed by atoms with E-state index in [1.54, 1.807) is 29.2 Å². The van der Waals surface area contributed by atoms with Crippen LogP contribution in [0.3, 0.4) is 0 Å². The number of nitrogens with zero attached hydrogens (tertiary/aromatic N) is 7. The van der Waals surface area contributed by atoms with Crippen LogP contribution in [-0.4, -0.2) is 35.1 Å². The van der Waals surface area contributed by atoms with E-state index in [9.17, 15) is 0 Å². The maximum atomic E-state index is 5.95. The number of hydrogen-bond acceptors (Lipinski definition) is 10. The maximum Gasteiger partial charge on any atom is 0.277 e. The largest absolute Gasteiger partial charge is 0.485 e. The lowest BCUT2D eigenvalue weighted by Gasteiger charge is -2.04. The molecular weight excluding hydrogens is 429 g/mol. The Hall–Kier alpha value is -2.63. The lowest BCUT2D eigenvalue weighted by Crippen LogP contribution is -1.99. The lowest BCUT2D eigenvalue weighted by atomic mass is 10.3. The zero-order valence-corrected chi connectivity index (χ0v) is 16.4. The van der Waals surface area contributed by atoms with Gasteiger partial charge in [-0.25, -0.2) is 9.67 Å². The van der Waals surface area contributed by atoms with E-state index < -0.39 is 0 Å². The first kappa shape index (κ1) is 18.7. The van der Waals surface area contributed by atoms with Crippen LogP contribution in [0.5, 0.6) is 5.75 Å². The summed E-state index contributed by atoms with van der Waals surface area (Å²) in [5.41, 5.74) is 0. The van der Waals surface area contributed by atoms with Gasteiger partial charge in [-0.05, 0) is 12.1 Å². The van der Waals surface area contributed by atoms with Crippen molar-refractivity contribution in [1.82, 2.24) is 35.1 Å². The monoisotopic (exact) mass is 439 g/mol. The molecule has 3 heterocycles. The molecule has 0 unspecified atom stereocenters. The van der Waals surface area contributed by atoms with Gasteiger partial charge in [-0.3, -0.25) is 0 Å². The molecule has 28 heavy (non-hydrogen) atoms. The summed E-state index contributed by atoms with van der Waals surface area (Å²) in [7, 11) is 0. The maximum absolute atomic E-state index is 5.95. The molecule has 4 aromatic rings. The smallest absolute Gasteiger partial charge is 0.277 e. The van der Waals surface area contributed by atoms with Gasteiger partial charge in [-0.2, -0.15) is 10.1 Å². The normalized spacial score (nSPS) is 11.1. The van der Waals surface area contributed by atoms with Crippen LogP contribution in [0.2, 0.25) is 10.0 Å². The SMILES string of the molecule is Clc1ccc(OCc2noc(CSc3nnc(Cn4cncn4)o3)n2)cc1Cl. The van der Waals surface area contributed by atoms with Gasteiger partial charge in [-0.15, -0.1) is 10.2 Å². The Morgan fingerprint density at radius 2 is 2.07 bits per heavy atom. The Morgan fingerprint density at radius 1 is 1.14 bits per heavy atom. The van der Waals surface area contributed by atoms with Gasteiger partial charge in [0.1, 0.15) is 24.9 Å². The number of rotatable bonds is 8. The quantitative estimate of drug-likeness (QED) is 0.378. The number of ether oxygens (including phenoxy) is 1. The van der Waals surface area contributed by atoms with Crippen molar-refractivity contribution in [3.63, 3.8) is 0 Å². The lowest BCUT2D eigenvalue weighted by molar-refractivity contribution is 0.285. The molecule has 144 valence electrons. The van der Waals surface area contributed by atoms with Crippen LogP contribution in [0.1, 0.15) is 17.6 Å². The zero-order chi connectivity index (χ0) is 19.3. The molecule has 13 heteroatoms. The molecule has 10 nitrogen and oxygen atoms in total. The average Bonchev–Trinajstić information content (AvgIpc) is 3.44. The van der Waals surface area contributed by atoms with E-state index >= 15 is 0 Å². The zero-order valence-electron chi connectivity index (χ0n) is 14.0. The number of thioether (sulfide) groups is 1. The molecule has 0 saturated carbocycles. The number of benzene rings is 1. The van der Waals surface area contributed by atoms with Crippen molar-refractivity contribution >= 4 is 35.0 Å². The fraction of sp³-hybridized carbons (Fsp3) is 0.200. The van der Waals surface area contributed by atoms with Gasteiger partial charge in [0, 0.05) is 6.07 Å². The minimum atomic E-state index is 0.134. The van der Waals surface area contributed by atoms with E-state index in [2.05, 4.69) is 30.4 Å². The molecular formula is C15H11Cl2N7O3S. The molecule has 0 fully saturated rings. The summed E-state index contributed by atoms with van der Waals surface area (Å²) in [5, 5.41) is 17.0. The highest BCUT2D eigenvalue weighted by molar-refractivity contribution is 7.98. The van der Waals surface area contributed by atoms with Crippen LogP contribution in [0, 0.1) is 0 Å². The number of aromatic nitrogens is 7. The summed E-state index contributed by atoms with van der Waals surface area (Å²) in [4.78, 5) is 8.11. The van der Waals surface area contributed by atoms with Gasteiger partial charge in [-0.1, -0.05) is 40.1 Å². The summed E-state index contributed by atoms with van der Waals surface area (Å²) < 4.78 is 17.9. The topological polar surface area (TPSA) is 118 Å². The van der Waals surface area contributed by atoms with E-state index in [-0.39, 0.29) is 6.61 Å². The second-order valence-electron chi connectivity index (χ2n) is 5.31. The van der Waals surface area contributed by atoms with Gasteiger partial charge in [0.25, 0.3) is 5.22 Å². The molecule has 0 N–H and O–H groups in total. The van der Waals surface area contributed by atoms with Crippen molar-refractivity contribution < 1.29 is 13.7 Å². The highest BCUT2D eigenvalue weighted by Crippen LogP contribution is 2.26. The molecule has 0 radical (unpaired) electrons. The van der Waals surface area contributed by atoms with Crippen LogP contribution in [0.4, 0.5) is 0 Å². The fourth-order valence-corrected chi connectivity index (χ4v) is 2.96. The minimum absolute atomic E-state index is 0.134. The first-order valence-electron chi connectivity index (χ1n) is 7.82. The van der Waals surface area contributed by atoms with E-state index in [0.717, 1.165) is 0 Å². The van der Waals surface area contributed by atoms with Crippen LogP contribution in [-0.2, 0) is 18.9 Å². The Labute approximate surface area is 172 Å². The predicted octanol–water partition coefficient (Wildman–Crippen LogP) is 3.27. The molecule has 3 aromatic heterocycles. The van der Waals surface area contributed by atoms with Gasteiger partial charge in [0.15, 0.2) is 6.61 Å². The van der Waals surface area contributed by atoms with E-state index in [1.807, 2.05) is 0 Å². The molecule has 0 aliphatic carbocycles. The molecule has 1 aromatic carbocycles. The van der Waals surface area contributed by atoms with Crippen molar-refractivity contribution in [2.24, 2.45) is 0 Å². The Morgan fingerprint density at radius 3 is 2.89 bits per heavy atom. The van der Waals surface area contributed by atoms with Gasteiger partial charge < -0.3 is 13.7 Å². The van der Waals surface area contributed by atoms with Crippen molar-refractivity contribution in [1.29, 1.82) is 0 Å². The summed E-state index contributed by atoms with van der Waals surface area (Å²) in [6.07, 6.45) is 3.00. The summed E-state index contributed by atoms with van der Waals surface area (Å²) in [6.45, 7) is 0.485. The fourth-order valence-electron chi connectivity index (χ4n) is 2.06. The van der Waals surface area contributed by atoms with Crippen LogP contribution >= 0.6 is 35.0 Å². The van der Waals surface area contributed by atoms with E-state index in [1.165, 1.54) is 18.1 Å². The molecule has 0 bridgehead atoms. The minimum Gasteiger partial charge on any atom is -0.485 e. The van der Waals surface area contributed by atoms with Gasteiger partial charge in [0.05, 0.1) is 15.8 Å². The third-order valence-electron chi connectivity index (χ3n) is 3.30. The standard InChI is InChI=1S/C15H11Cl2N7O3S/c16-10-2-1-9(3-11(10)17)25-5-12-20-14(27-23-12)6-28-15-22-21-13(26-15)4-24-8-18-7-19-24/h1-3,7-8H,4-6H2. The van der Waals surface area contributed by atoms with E-state index in [4.69, 9.17) is 36.9 Å². The Balaban J connectivity index is 1.27.